The van der Waals surface area contributed by atoms with Gasteiger partial charge >= 0.3 is 6.18 Å². The van der Waals surface area contributed by atoms with Gasteiger partial charge < -0.3 is 19.5 Å². The van der Waals surface area contributed by atoms with E-state index in [1.54, 1.807) is 6.20 Å². The van der Waals surface area contributed by atoms with Crippen molar-refractivity contribution in [1.82, 2.24) is 20.2 Å². The molecule has 4 heterocycles. The summed E-state index contributed by atoms with van der Waals surface area (Å²) in [6.07, 6.45) is 2.52. The van der Waals surface area contributed by atoms with E-state index in [2.05, 4.69) is 15.2 Å². The molecular formula is C30H31F3N6O2. The summed E-state index contributed by atoms with van der Waals surface area (Å²) in [5.41, 5.74) is 0.897. The molecule has 1 atom stereocenters. The number of carbonyl (C=O) groups is 1. The Balaban J connectivity index is 1.28. The Morgan fingerprint density at radius 3 is 2.51 bits per heavy atom. The van der Waals surface area contributed by atoms with Crippen LogP contribution in [0.4, 0.5) is 18.9 Å². The number of likely N-dealkylation sites (N-methyl/N-ethyl adjacent to an activating group) is 1. The zero-order chi connectivity index (χ0) is 28.8. The van der Waals surface area contributed by atoms with Crippen molar-refractivity contribution < 1.29 is 22.4 Å². The number of hydrogen-bond donors (Lipinski definition) is 1. The van der Waals surface area contributed by atoms with Crippen LogP contribution in [0.2, 0.25) is 0 Å². The summed E-state index contributed by atoms with van der Waals surface area (Å²) in [4.78, 5) is 27.1. The van der Waals surface area contributed by atoms with Crippen LogP contribution in [0.5, 0.6) is 0 Å². The van der Waals surface area contributed by atoms with Crippen molar-refractivity contribution in [2.24, 2.45) is 0 Å². The highest BCUT2D eigenvalue weighted by molar-refractivity contribution is 5.89. The number of aromatic nitrogens is 2. The van der Waals surface area contributed by atoms with Crippen LogP contribution < -0.4 is 10.2 Å². The van der Waals surface area contributed by atoms with Gasteiger partial charge in [-0.3, -0.25) is 9.78 Å². The van der Waals surface area contributed by atoms with Crippen molar-refractivity contribution >= 4 is 11.6 Å². The van der Waals surface area contributed by atoms with Crippen molar-refractivity contribution in [2.45, 2.75) is 55.7 Å². The van der Waals surface area contributed by atoms with Crippen molar-refractivity contribution in [2.75, 3.05) is 38.1 Å². The molecule has 1 aromatic carbocycles. The van der Waals surface area contributed by atoms with E-state index in [0.717, 1.165) is 61.5 Å². The fraction of sp³-hybridized carbons (Fsp3) is 0.467. The Hall–Kier alpha value is -3.91. The molecule has 1 aliphatic carbocycles. The molecule has 1 saturated carbocycles. The lowest BCUT2D eigenvalue weighted by atomic mass is 9.72. The van der Waals surface area contributed by atoms with E-state index in [-0.39, 0.29) is 17.5 Å². The molecule has 0 bridgehead atoms. The van der Waals surface area contributed by atoms with Gasteiger partial charge in [-0.15, -0.1) is 0 Å². The van der Waals surface area contributed by atoms with E-state index in [9.17, 15) is 23.2 Å². The molecule has 8 nitrogen and oxygen atoms in total. The normalized spacial score (nSPS) is 21.0. The quantitative estimate of drug-likeness (QED) is 0.457. The maximum atomic E-state index is 14.0. The number of pyridine rings is 1. The summed E-state index contributed by atoms with van der Waals surface area (Å²) in [6.45, 7) is 2.48. The van der Waals surface area contributed by atoms with Gasteiger partial charge in [0, 0.05) is 37.8 Å². The number of anilines is 1. The molecule has 3 fully saturated rings. The molecule has 2 aromatic heterocycles. The van der Waals surface area contributed by atoms with Gasteiger partial charge in [0.25, 0.3) is 0 Å². The van der Waals surface area contributed by atoms with Gasteiger partial charge in [0.05, 0.1) is 27.9 Å². The van der Waals surface area contributed by atoms with Crippen LogP contribution in [-0.2, 0) is 16.4 Å². The Morgan fingerprint density at radius 1 is 1.12 bits per heavy atom. The number of rotatable bonds is 6. The first kappa shape index (κ1) is 27.3. The summed E-state index contributed by atoms with van der Waals surface area (Å²) < 4.78 is 45.4. The van der Waals surface area contributed by atoms with Crippen LogP contribution in [0.15, 0.2) is 47.3 Å². The van der Waals surface area contributed by atoms with Crippen LogP contribution in [-0.4, -0.2) is 60.0 Å². The fourth-order valence-corrected chi connectivity index (χ4v) is 6.13. The number of hydrogen-bond acceptors (Lipinski definition) is 7. The highest BCUT2D eigenvalue weighted by Crippen LogP contribution is 2.44. The van der Waals surface area contributed by atoms with E-state index in [4.69, 9.17) is 9.40 Å². The van der Waals surface area contributed by atoms with Crippen LogP contribution >= 0.6 is 0 Å². The van der Waals surface area contributed by atoms with E-state index in [0.29, 0.717) is 43.2 Å². The topological polar surface area (TPSA) is 98.3 Å². The molecule has 6 rings (SSSR count). The highest BCUT2D eigenvalue weighted by atomic mass is 19.4. The zero-order valence-corrected chi connectivity index (χ0v) is 22.7. The number of benzene rings is 1. The fourth-order valence-electron chi connectivity index (χ4n) is 6.13. The molecular weight excluding hydrogens is 533 g/mol. The Morgan fingerprint density at radius 2 is 1.90 bits per heavy atom. The smallest absolute Gasteiger partial charge is 0.416 e. The molecule has 11 heteroatoms. The van der Waals surface area contributed by atoms with E-state index >= 15 is 0 Å². The number of oxazole rings is 1. The average molecular weight is 565 g/mol. The minimum Gasteiger partial charge on any atom is -0.447 e. The van der Waals surface area contributed by atoms with Crippen molar-refractivity contribution in [3.05, 3.63) is 65.4 Å². The third-order valence-corrected chi connectivity index (χ3v) is 8.66. The van der Waals surface area contributed by atoms with Crippen molar-refractivity contribution in [3.63, 3.8) is 0 Å². The lowest BCUT2D eigenvalue weighted by Crippen LogP contribution is -2.54. The standard InChI is InChI=1S/C30H31F3N6O2/c1-38-11-8-23(17-38)37-28(40)29(22-4-6-24(35-16-22)26-27(19-2-3-19)41-18-36-26)9-12-39(13-10-29)25-7-5-21(30(31,32)33)14-20(25)15-34/h4-7,14,16,18-19,23H,2-3,8-13,17H2,1H3,(H,37,40)/t23-/m0/s1. The summed E-state index contributed by atoms with van der Waals surface area (Å²) in [5, 5.41) is 12.9. The molecule has 1 amide bonds. The number of nitrogens with one attached hydrogen (secondary N) is 1. The second kappa shape index (κ2) is 10.5. The largest absolute Gasteiger partial charge is 0.447 e. The number of piperidine rings is 1. The molecule has 0 radical (unpaired) electrons. The van der Waals surface area contributed by atoms with Crippen LogP contribution in [0.3, 0.4) is 0 Å². The van der Waals surface area contributed by atoms with Gasteiger partial charge in [-0.1, -0.05) is 6.07 Å². The number of nitriles is 1. The minimum absolute atomic E-state index is 0.0316. The van der Waals surface area contributed by atoms with Gasteiger partial charge in [0.15, 0.2) is 6.39 Å². The number of halogens is 3. The van der Waals surface area contributed by atoms with Crippen LogP contribution in [0, 0.1) is 11.3 Å². The molecule has 214 valence electrons. The first-order valence-corrected chi connectivity index (χ1v) is 13.9. The summed E-state index contributed by atoms with van der Waals surface area (Å²) in [6, 6.07) is 9.03. The van der Waals surface area contributed by atoms with Crippen molar-refractivity contribution in [3.8, 4) is 17.5 Å². The van der Waals surface area contributed by atoms with Crippen LogP contribution in [0.1, 0.15) is 60.5 Å². The minimum atomic E-state index is -4.53. The summed E-state index contributed by atoms with van der Waals surface area (Å²) in [7, 11) is 2.03. The van der Waals surface area contributed by atoms with Gasteiger partial charge in [0.1, 0.15) is 17.5 Å². The molecule has 2 saturated heterocycles. The van der Waals surface area contributed by atoms with Gasteiger partial charge in [-0.05, 0) is 75.5 Å². The third kappa shape index (κ3) is 5.28. The van der Waals surface area contributed by atoms with Gasteiger partial charge in [0.2, 0.25) is 5.91 Å². The SMILES string of the molecule is CN1CC[C@H](NC(=O)C2(c3ccc(-c4ncoc4C4CC4)nc3)CCN(c3ccc(C(F)(F)F)cc3C#N)CC2)C1. The summed E-state index contributed by atoms with van der Waals surface area (Å²) >= 11 is 0. The van der Waals surface area contributed by atoms with E-state index < -0.39 is 17.2 Å². The molecule has 3 aliphatic rings. The monoisotopic (exact) mass is 564 g/mol. The number of amides is 1. The lowest BCUT2D eigenvalue weighted by molar-refractivity contribution is -0.137. The highest BCUT2D eigenvalue weighted by Gasteiger charge is 2.45. The van der Waals surface area contributed by atoms with E-state index in [1.165, 1.54) is 12.5 Å². The first-order chi connectivity index (χ1) is 19.7. The molecule has 1 N–H and O–H groups in total. The van der Waals surface area contributed by atoms with Gasteiger partial charge in [-0.25, -0.2) is 4.98 Å². The molecule has 0 unspecified atom stereocenters. The second-order valence-corrected chi connectivity index (χ2v) is 11.4. The van der Waals surface area contributed by atoms with Crippen LogP contribution in [0.25, 0.3) is 11.4 Å². The average Bonchev–Trinajstić information content (AvgIpc) is 3.55. The van der Waals surface area contributed by atoms with Gasteiger partial charge in [-0.2, -0.15) is 18.4 Å². The molecule has 41 heavy (non-hydrogen) atoms. The Bertz CT molecular complexity index is 1470. The third-order valence-electron chi connectivity index (χ3n) is 8.66. The first-order valence-electron chi connectivity index (χ1n) is 13.9. The predicted octanol–water partition coefficient (Wildman–Crippen LogP) is 4.86. The maximum absolute atomic E-state index is 14.0. The molecule has 2 aliphatic heterocycles. The molecule has 3 aromatic rings. The number of carbonyl (C=O) groups excluding carboxylic acids is 1. The number of nitrogens with zero attached hydrogens (tertiary/aromatic N) is 5. The Kier molecular flexibility index (Phi) is 6.98. The zero-order valence-electron chi connectivity index (χ0n) is 22.7. The predicted molar refractivity (Wildman–Crippen MR) is 145 cm³/mol. The lowest BCUT2D eigenvalue weighted by Gasteiger charge is -2.42. The number of likely N-dealkylation sites (tertiary alicyclic amines) is 1. The maximum Gasteiger partial charge on any atom is 0.416 e. The molecule has 0 spiro atoms. The number of alkyl halides is 3. The van der Waals surface area contributed by atoms with Crippen molar-refractivity contribution in [1.29, 1.82) is 5.26 Å². The Labute approximate surface area is 236 Å². The summed E-state index contributed by atoms with van der Waals surface area (Å²) in [5.74, 6) is 1.16. The second-order valence-electron chi connectivity index (χ2n) is 11.4. The van der Waals surface area contributed by atoms with E-state index in [1.807, 2.05) is 30.1 Å².